The first-order valence-corrected chi connectivity index (χ1v) is 5.99. The van der Waals surface area contributed by atoms with E-state index in [0.717, 1.165) is 4.90 Å². The van der Waals surface area contributed by atoms with E-state index in [-0.39, 0.29) is 29.5 Å². The monoisotopic (exact) mass is 299 g/mol. The van der Waals surface area contributed by atoms with Crippen LogP contribution in [0.3, 0.4) is 0 Å². The van der Waals surface area contributed by atoms with E-state index in [0.29, 0.717) is 0 Å². The molecule has 8 heteroatoms. The van der Waals surface area contributed by atoms with Crippen molar-refractivity contribution in [2.24, 2.45) is 0 Å². The van der Waals surface area contributed by atoms with Gasteiger partial charge in [0.2, 0.25) is 0 Å². The SMILES string of the molecule is O=C(O)c1cc(OCC(=O)N2CCOC2=O)ccc1Cl. The van der Waals surface area contributed by atoms with Crippen LogP contribution in [0.2, 0.25) is 5.02 Å². The van der Waals surface area contributed by atoms with Crippen LogP contribution >= 0.6 is 11.6 Å². The number of carbonyl (C=O) groups excluding carboxylic acids is 2. The third-order valence-corrected chi connectivity index (χ3v) is 2.92. The van der Waals surface area contributed by atoms with Gasteiger partial charge >= 0.3 is 12.1 Å². The second kappa shape index (κ2) is 5.79. The molecule has 1 heterocycles. The topological polar surface area (TPSA) is 93.1 Å². The molecule has 0 saturated carbocycles. The van der Waals surface area contributed by atoms with E-state index in [1.807, 2.05) is 0 Å². The first-order chi connectivity index (χ1) is 9.49. The number of carboxylic acid groups (broad SMARTS) is 1. The fourth-order valence-corrected chi connectivity index (χ4v) is 1.80. The van der Waals surface area contributed by atoms with Gasteiger partial charge < -0.3 is 14.6 Å². The van der Waals surface area contributed by atoms with Gasteiger partial charge in [0, 0.05) is 0 Å². The second-order valence-electron chi connectivity index (χ2n) is 3.90. The highest BCUT2D eigenvalue weighted by Crippen LogP contribution is 2.22. The first-order valence-electron chi connectivity index (χ1n) is 5.62. The molecule has 1 aliphatic rings. The number of benzene rings is 1. The van der Waals surface area contributed by atoms with Crippen molar-refractivity contribution in [3.05, 3.63) is 28.8 Å². The summed E-state index contributed by atoms with van der Waals surface area (Å²) < 4.78 is 9.77. The number of aromatic carboxylic acids is 1. The molecule has 1 aromatic carbocycles. The number of ether oxygens (including phenoxy) is 2. The summed E-state index contributed by atoms with van der Waals surface area (Å²) >= 11 is 5.70. The normalized spacial score (nSPS) is 14.1. The molecular weight excluding hydrogens is 290 g/mol. The lowest BCUT2D eigenvalue weighted by Gasteiger charge is -2.12. The van der Waals surface area contributed by atoms with Crippen molar-refractivity contribution >= 4 is 29.6 Å². The summed E-state index contributed by atoms with van der Waals surface area (Å²) in [7, 11) is 0. The molecule has 1 saturated heterocycles. The van der Waals surface area contributed by atoms with E-state index in [1.165, 1.54) is 18.2 Å². The Labute approximate surface area is 118 Å². The van der Waals surface area contributed by atoms with Gasteiger partial charge in [0.05, 0.1) is 17.1 Å². The number of hydrogen-bond acceptors (Lipinski definition) is 5. The van der Waals surface area contributed by atoms with Crippen LogP contribution in [-0.4, -0.2) is 47.7 Å². The Morgan fingerprint density at radius 1 is 1.45 bits per heavy atom. The van der Waals surface area contributed by atoms with Crippen LogP contribution in [0.5, 0.6) is 5.75 Å². The van der Waals surface area contributed by atoms with Crippen LogP contribution in [-0.2, 0) is 9.53 Å². The highest BCUT2D eigenvalue weighted by Gasteiger charge is 2.28. The summed E-state index contributed by atoms with van der Waals surface area (Å²) in [5.74, 6) is -1.58. The molecule has 0 bridgehead atoms. The summed E-state index contributed by atoms with van der Waals surface area (Å²) in [6.45, 7) is -0.0491. The molecule has 2 amide bonds. The zero-order chi connectivity index (χ0) is 14.7. The Morgan fingerprint density at radius 2 is 2.20 bits per heavy atom. The van der Waals surface area contributed by atoms with Crippen molar-refractivity contribution in [2.45, 2.75) is 0 Å². The van der Waals surface area contributed by atoms with E-state index < -0.39 is 24.6 Å². The van der Waals surface area contributed by atoms with Crippen LogP contribution in [0.25, 0.3) is 0 Å². The summed E-state index contributed by atoms with van der Waals surface area (Å²) in [5, 5.41) is 8.97. The van der Waals surface area contributed by atoms with E-state index >= 15 is 0 Å². The van der Waals surface area contributed by atoms with E-state index in [9.17, 15) is 14.4 Å². The van der Waals surface area contributed by atoms with Gasteiger partial charge in [-0.05, 0) is 18.2 Å². The number of carbonyl (C=O) groups is 3. The number of carboxylic acids is 1. The molecule has 0 atom stereocenters. The molecule has 0 unspecified atom stereocenters. The van der Waals surface area contributed by atoms with Gasteiger partial charge in [-0.25, -0.2) is 14.5 Å². The molecule has 1 aromatic rings. The van der Waals surface area contributed by atoms with Crippen LogP contribution < -0.4 is 4.74 Å². The van der Waals surface area contributed by atoms with Gasteiger partial charge in [-0.15, -0.1) is 0 Å². The molecule has 1 aliphatic heterocycles. The van der Waals surface area contributed by atoms with E-state index in [4.69, 9.17) is 21.4 Å². The van der Waals surface area contributed by atoms with Gasteiger partial charge in [-0.3, -0.25) is 4.79 Å². The molecule has 20 heavy (non-hydrogen) atoms. The molecule has 0 spiro atoms. The molecule has 1 fully saturated rings. The van der Waals surface area contributed by atoms with E-state index in [1.54, 1.807) is 0 Å². The largest absolute Gasteiger partial charge is 0.484 e. The lowest BCUT2D eigenvalue weighted by molar-refractivity contribution is -0.129. The molecule has 1 N–H and O–H groups in total. The van der Waals surface area contributed by atoms with Crippen molar-refractivity contribution < 1.29 is 29.0 Å². The molecule has 0 radical (unpaired) electrons. The Bertz CT molecular complexity index is 573. The minimum Gasteiger partial charge on any atom is -0.484 e. The smallest absolute Gasteiger partial charge is 0.416 e. The number of hydrogen-bond donors (Lipinski definition) is 1. The molecule has 2 rings (SSSR count). The fraction of sp³-hybridized carbons (Fsp3) is 0.250. The van der Waals surface area contributed by atoms with Gasteiger partial charge in [0.1, 0.15) is 12.4 Å². The summed E-state index contributed by atoms with van der Waals surface area (Å²) in [5.41, 5.74) is -0.128. The van der Waals surface area contributed by atoms with Gasteiger partial charge in [0.25, 0.3) is 5.91 Å². The minimum absolute atomic E-state index is 0.0688. The van der Waals surface area contributed by atoms with Crippen molar-refractivity contribution in [3.8, 4) is 5.75 Å². The fourth-order valence-electron chi connectivity index (χ4n) is 1.60. The molecule has 0 aromatic heterocycles. The van der Waals surface area contributed by atoms with Crippen LogP contribution in [0, 0.1) is 0 Å². The lowest BCUT2D eigenvalue weighted by Crippen LogP contribution is -2.35. The lowest BCUT2D eigenvalue weighted by atomic mass is 10.2. The maximum absolute atomic E-state index is 11.7. The van der Waals surface area contributed by atoms with Crippen molar-refractivity contribution in [3.63, 3.8) is 0 Å². The first kappa shape index (κ1) is 14.1. The van der Waals surface area contributed by atoms with Crippen LogP contribution in [0.1, 0.15) is 10.4 Å². The third-order valence-electron chi connectivity index (χ3n) is 2.59. The average Bonchev–Trinajstić information content (AvgIpc) is 2.83. The van der Waals surface area contributed by atoms with Crippen LogP contribution in [0.4, 0.5) is 4.79 Å². The second-order valence-corrected chi connectivity index (χ2v) is 4.30. The third kappa shape index (κ3) is 3.00. The number of rotatable bonds is 4. The zero-order valence-electron chi connectivity index (χ0n) is 10.2. The molecule has 106 valence electrons. The van der Waals surface area contributed by atoms with Gasteiger partial charge in [0.15, 0.2) is 6.61 Å². The van der Waals surface area contributed by atoms with E-state index in [2.05, 4.69) is 4.74 Å². The maximum atomic E-state index is 11.7. The predicted molar refractivity (Wildman–Crippen MR) is 67.0 cm³/mol. The molecule has 0 aliphatic carbocycles. The Morgan fingerprint density at radius 3 is 2.80 bits per heavy atom. The maximum Gasteiger partial charge on any atom is 0.416 e. The molecule has 7 nitrogen and oxygen atoms in total. The predicted octanol–water partition coefficient (Wildman–Crippen LogP) is 1.40. The van der Waals surface area contributed by atoms with Crippen molar-refractivity contribution in [2.75, 3.05) is 19.8 Å². The number of imide groups is 1. The summed E-state index contributed by atoms with van der Waals surface area (Å²) in [4.78, 5) is 34.6. The van der Waals surface area contributed by atoms with Crippen molar-refractivity contribution in [1.82, 2.24) is 4.90 Å². The Kier molecular flexibility index (Phi) is 4.09. The van der Waals surface area contributed by atoms with Gasteiger partial charge in [-0.2, -0.15) is 0 Å². The standard InChI is InChI=1S/C12H10ClNO6/c13-9-2-1-7(5-8(9)11(16)17)20-6-10(15)14-3-4-19-12(14)18/h1-2,5H,3-4,6H2,(H,16,17). The Balaban J connectivity index is 2.00. The Hall–Kier alpha value is -2.28. The summed E-state index contributed by atoms with van der Waals surface area (Å²) in [6, 6.07) is 4.00. The number of halogens is 1. The highest BCUT2D eigenvalue weighted by molar-refractivity contribution is 6.33. The minimum atomic E-state index is -1.20. The molecular formula is C12H10ClNO6. The quantitative estimate of drug-likeness (QED) is 0.903. The van der Waals surface area contributed by atoms with Crippen molar-refractivity contribution in [1.29, 1.82) is 0 Å². The number of nitrogens with zero attached hydrogens (tertiary/aromatic N) is 1. The average molecular weight is 300 g/mol. The highest BCUT2D eigenvalue weighted by atomic mass is 35.5. The number of amides is 2. The number of cyclic esters (lactones) is 1. The summed E-state index contributed by atoms with van der Waals surface area (Å²) in [6.07, 6.45) is -0.707. The zero-order valence-corrected chi connectivity index (χ0v) is 10.9. The van der Waals surface area contributed by atoms with Gasteiger partial charge in [-0.1, -0.05) is 11.6 Å². The van der Waals surface area contributed by atoms with Crippen LogP contribution in [0.15, 0.2) is 18.2 Å².